The summed E-state index contributed by atoms with van der Waals surface area (Å²) in [6.45, 7) is 6.75. The van der Waals surface area contributed by atoms with Gasteiger partial charge < -0.3 is 0 Å². The summed E-state index contributed by atoms with van der Waals surface area (Å²) in [6.07, 6.45) is 0. The number of alkyl halides is 6. The SMILES string of the molecule is Cc1ccc(-c2cc(C)c(C3=C(c4sc(-c5ccc(C)cc5)cc4C)C(F)(F)C(F)(F)C3(F)F)s2)cc1. The molecule has 0 nitrogen and oxygen atoms in total. The smallest absolute Gasteiger partial charge is 0.194 e. The average Bonchev–Trinajstić information content (AvgIpc) is 3.42. The van der Waals surface area contributed by atoms with Crippen molar-refractivity contribution in [2.75, 3.05) is 0 Å². The lowest BCUT2D eigenvalue weighted by Crippen LogP contribution is -2.48. The molecule has 0 spiro atoms. The molecule has 0 unspecified atom stereocenters. The predicted molar refractivity (Wildman–Crippen MR) is 140 cm³/mol. The molecule has 8 heteroatoms. The highest BCUT2D eigenvalue weighted by Crippen LogP contribution is 2.66. The molecule has 2 aromatic heterocycles. The van der Waals surface area contributed by atoms with Crippen molar-refractivity contribution >= 4 is 33.8 Å². The standard InChI is InChI=1S/C29H22F6S2/c1-15-5-9-19(10-6-15)21-13-17(3)25(36-21)23-24(28(32,33)29(34,35)27(23,30)31)26-18(4)14-22(37-26)20-11-7-16(2)8-12-20/h5-14H,1-4H3. The van der Waals surface area contributed by atoms with Crippen LogP contribution in [0.5, 0.6) is 0 Å². The van der Waals surface area contributed by atoms with E-state index in [1.54, 1.807) is 36.4 Å². The molecule has 1 aliphatic rings. The van der Waals surface area contributed by atoms with Crippen LogP contribution in [0.15, 0.2) is 60.7 Å². The van der Waals surface area contributed by atoms with Crippen LogP contribution in [0.25, 0.3) is 32.0 Å². The lowest BCUT2D eigenvalue weighted by atomic mass is 10.0. The first-order chi connectivity index (χ1) is 17.3. The third-order valence-corrected chi connectivity index (χ3v) is 9.24. The van der Waals surface area contributed by atoms with Crippen LogP contribution in [0.3, 0.4) is 0 Å². The first-order valence-corrected chi connectivity index (χ1v) is 13.1. The van der Waals surface area contributed by atoms with Crippen molar-refractivity contribution in [1.82, 2.24) is 0 Å². The molecule has 192 valence electrons. The fourth-order valence-electron chi connectivity index (χ4n) is 4.52. The van der Waals surface area contributed by atoms with E-state index in [1.165, 1.54) is 13.8 Å². The predicted octanol–water partition coefficient (Wildman–Crippen LogP) is 10.2. The van der Waals surface area contributed by atoms with Gasteiger partial charge in [0.1, 0.15) is 0 Å². The molecule has 0 fully saturated rings. The molecular weight excluding hydrogens is 526 g/mol. The van der Waals surface area contributed by atoms with Crippen LogP contribution >= 0.6 is 22.7 Å². The number of allylic oxidation sites excluding steroid dienone is 2. The maximum absolute atomic E-state index is 15.4. The van der Waals surface area contributed by atoms with Crippen molar-refractivity contribution in [3.05, 3.63) is 92.7 Å². The molecule has 0 bridgehead atoms. The number of benzene rings is 2. The number of aryl methyl sites for hydroxylation is 4. The molecule has 37 heavy (non-hydrogen) atoms. The second-order valence-electron chi connectivity index (χ2n) is 9.45. The molecule has 5 rings (SSSR count). The molecule has 0 saturated heterocycles. The third-order valence-electron chi connectivity index (χ3n) is 6.63. The van der Waals surface area contributed by atoms with Crippen molar-refractivity contribution < 1.29 is 26.3 Å². The van der Waals surface area contributed by atoms with Gasteiger partial charge in [0.05, 0.1) is 11.1 Å². The van der Waals surface area contributed by atoms with E-state index in [2.05, 4.69) is 0 Å². The highest BCUT2D eigenvalue weighted by atomic mass is 32.1. The summed E-state index contributed by atoms with van der Waals surface area (Å²) in [6, 6.07) is 17.6. The Morgan fingerprint density at radius 3 is 1.16 bits per heavy atom. The summed E-state index contributed by atoms with van der Waals surface area (Å²) >= 11 is 1.66. The maximum atomic E-state index is 15.4. The topological polar surface area (TPSA) is 0 Å². The zero-order chi connectivity index (χ0) is 26.9. The van der Waals surface area contributed by atoms with Gasteiger partial charge in [-0.25, -0.2) is 0 Å². The second kappa shape index (κ2) is 8.60. The quantitative estimate of drug-likeness (QED) is 0.223. The summed E-state index contributed by atoms with van der Waals surface area (Å²) < 4.78 is 91.2. The molecule has 0 N–H and O–H groups in total. The Kier molecular flexibility index (Phi) is 5.99. The molecule has 2 aromatic carbocycles. The Labute approximate surface area is 218 Å². The van der Waals surface area contributed by atoms with Gasteiger partial charge >= 0.3 is 17.8 Å². The Morgan fingerprint density at radius 2 is 0.838 bits per heavy atom. The van der Waals surface area contributed by atoms with Crippen molar-refractivity contribution in [2.45, 2.75) is 45.5 Å². The number of rotatable bonds is 4. The fraction of sp³-hybridized carbons (Fsp3) is 0.241. The zero-order valence-electron chi connectivity index (χ0n) is 20.4. The Bertz CT molecular complexity index is 1410. The van der Waals surface area contributed by atoms with E-state index in [1.807, 2.05) is 38.1 Å². The van der Waals surface area contributed by atoms with Crippen LogP contribution in [0, 0.1) is 27.7 Å². The molecule has 0 saturated carbocycles. The molecule has 0 amide bonds. The van der Waals surface area contributed by atoms with Crippen molar-refractivity contribution in [3.8, 4) is 20.9 Å². The van der Waals surface area contributed by atoms with Gasteiger partial charge in [-0.15, -0.1) is 22.7 Å². The lowest BCUT2D eigenvalue weighted by Gasteiger charge is -2.25. The van der Waals surface area contributed by atoms with Crippen molar-refractivity contribution in [2.24, 2.45) is 0 Å². The normalized spacial score (nSPS) is 18.0. The summed E-state index contributed by atoms with van der Waals surface area (Å²) in [7, 11) is 0. The van der Waals surface area contributed by atoms with E-state index in [0.717, 1.165) is 33.8 Å². The minimum atomic E-state index is -5.58. The summed E-state index contributed by atoms with van der Waals surface area (Å²) in [4.78, 5) is 0.572. The highest BCUT2D eigenvalue weighted by Gasteiger charge is 2.80. The van der Waals surface area contributed by atoms with Gasteiger partial charge in [0.25, 0.3) is 0 Å². The van der Waals surface area contributed by atoms with E-state index in [9.17, 15) is 8.78 Å². The van der Waals surface area contributed by atoms with Gasteiger partial charge in [-0.1, -0.05) is 59.7 Å². The van der Waals surface area contributed by atoms with E-state index in [0.29, 0.717) is 20.9 Å². The molecule has 1 aliphatic carbocycles. The second-order valence-corrected chi connectivity index (χ2v) is 11.6. The summed E-state index contributed by atoms with van der Waals surface area (Å²) in [5.41, 5.74) is 1.28. The number of hydrogen-bond donors (Lipinski definition) is 0. The largest absolute Gasteiger partial charge is 0.380 e. The van der Waals surface area contributed by atoms with E-state index < -0.39 is 28.9 Å². The molecular formula is C29H22F6S2. The first kappa shape index (κ1) is 25.8. The van der Waals surface area contributed by atoms with E-state index in [-0.39, 0.29) is 20.9 Å². The molecule has 0 atom stereocenters. The van der Waals surface area contributed by atoms with Crippen LogP contribution in [0.2, 0.25) is 0 Å². The van der Waals surface area contributed by atoms with E-state index in [4.69, 9.17) is 0 Å². The lowest BCUT2D eigenvalue weighted by molar-refractivity contribution is -0.254. The first-order valence-electron chi connectivity index (χ1n) is 11.5. The van der Waals surface area contributed by atoms with E-state index >= 15 is 17.6 Å². The summed E-state index contributed by atoms with van der Waals surface area (Å²) in [5, 5.41) is 0. The van der Waals surface area contributed by atoms with Crippen LogP contribution in [0.1, 0.15) is 32.0 Å². The summed E-state index contributed by atoms with van der Waals surface area (Å²) in [5.74, 6) is -15.7. The highest BCUT2D eigenvalue weighted by molar-refractivity contribution is 7.18. The molecule has 2 heterocycles. The van der Waals surface area contributed by atoms with Crippen LogP contribution in [0.4, 0.5) is 26.3 Å². The van der Waals surface area contributed by atoms with Crippen LogP contribution in [-0.2, 0) is 0 Å². The van der Waals surface area contributed by atoms with Crippen LogP contribution in [-0.4, -0.2) is 17.8 Å². The van der Waals surface area contributed by atoms with Gasteiger partial charge in [-0.2, -0.15) is 26.3 Å². The Morgan fingerprint density at radius 1 is 0.514 bits per heavy atom. The minimum Gasteiger partial charge on any atom is -0.194 e. The van der Waals surface area contributed by atoms with Crippen molar-refractivity contribution in [3.63, 3.8) is 0 Å². The van der Waals surface area contributed by atoms with Gasteiger partial charge in [0.15, 0.2) is 0 Å². The Balaban J connectivity index is 1.76. The molecule has 0 aliphatic heterocycles. The number of thiophene rings is 2. The average molecular weight is 549 g/mol. The van der Waals surface area contributed by atoms with Gasteiger partial charge in [0, 0.05) is 19.5 Å². The third kappa shape index (κ3) is 3.87. The number of hydrogen-bond acceptors (Lipinski definition) is 2. The Hall–Kier alpha value is -2.84. The maximum Gasteiger partial charge on any atom is 0.380 e. The number of halogens is 6. The minimum absolute atomic E-state index is 0.245. The fourth-order valence-corrected chi connectivity index (χ4v) is 7.04. The van der Waals surface area contributed by atoms with Crippen molar-refractivity contribution in [1.29, 1.82) is 0 Å². The van der Waals surface area contributed by atoms with Gasteiger partial charge in [-0.3, -0.25) is 0 Å². The van der Waals surface area contributed by atoms with Gasteiger partial charge in [0.2, 0.25) is 0 Å². The van der Waals surface area contributed by atoms with Crippen LogP contribution < -0.4 is 0 Å². The zero-order valence-corrected chi connectivity index (χ0v) is 22.0. The molecule has 4 aromatic rings. The van der Waals surface area contributed by atoms with Gasteiger partial charge in [-0.05, 0) is 62.1 Å². The monoisotopic (exact) mass is 548 g/mol. The molecule has 0 radical (unpaired) electrons.